The molecule has 0 aliphatic rings. The lowest BCUT2D eigenvalue weighted by Gasteiger charge is -2.13. The van der Waals surface area contributed by atoms with Crippen LogP contribution in [0.1, 0.15) is 24.5 Å². The van der Waals surface area contributed by atoms with E-state index in [2.05, 4.69) is 69.7 Å². The Kier molecular flexibility index (Phi) is 6.83. The van der Waals surface area contributed by atoms with Crippen molar-refractivity contribution in [1.29, 1.82) is 0 Å². The van der Waals surface area contributed by atoms with Crippen LogP contribution < -0.4 is 9.47 Å². The van der Waals surface area contributed by atoms with Crippen molar-refractivity contribution in [1.82, 2.24) is 0 Å². The molecule has 0 radical (unpaired) electrons. The highest BCUT2D eigenvalue weighted by atomic mass is 127. The molecule has 0 saturated heterocycles. The van der Waals surface area contributed by atoms with Gasteiger partial charge in [0.1, 0.15) is 18.1 Å². The Morgan fingerprint density at radius 1 is 1.05 bits per heavy atom. The maximum Gasteiger partial charge on any atom is 0.127 e. The van der Waals surface area contributed by atoms with Crippen molar-refractivity contribution < 1.29 is 9.47 Å². The summed E-state index contributed by atoms with van der Waals surface area (Å²) in [6.07, 6.45) is 0.999. The molecule has 2 aromatic rings. The fourth-order valence-corrected chi connectivity index (χ4v) is 2.65. The van der Waals surface area contributed by atoms with Crippen molar-refractivity contribution in [3.8, 4) is 11.5 Å². The van der Waals surface area contributed by atoms with E-state index in [0.29, 0.717) is 6.61 Å². The second kappa shape index (κ2) is 8.63. The zero-order valence-electron chi connectivity index (χ0n) is 11.9. The summed E-state index contributed by atoms with van der Waals surface area (Å²) in [6.45, 7) is 3.39. The van der Waals surface area contributed by atoms with Crippen LogP contribution in [0.4, 0.5) is 0 Å². The molecule has 0 heterocycles. The Hall–Kier alpha value is -0.750. The van der Waals surface area contributed by atoms with E-state index in [-0.39, 0.29) is 0 Å². The maximum atomic E-state index is 5.96. The van der Waals surface area contributed by atoms with Crippen molar-refractivity contribution in [3.63, 3.8) is 0 Å². The Balaban J connectivity index is 2.07. The Morgan fingerprint density at radius 2 is 1.81 bits per heavy atom. The van der Waals surface area contributed by atoms with E-state index in [1.807, 2.05) is 18.2 Å². The first kappa shape index (κ1) is 16.6. The molecule has 112 valence electrons. The number of hydrogen-bond donors (Lipinski definition) is 0. The standard InChI is InChI=1S/C17H18BrIO2/c1-2-9-20-16-8-5-14(11-18)17(10-16)21-12-13-3-6-15(19)7-4-13/h3-8,10H,2,9,11-12H2,1H3. The molecule has 0 spiro atoms. The van der Waals surface area contributed by atoms with Crippen molar-refractivity contribution in [2.45, 2.75) is 25.3 Å². The second-order valence-electron chi connectivity index (χ2n) is 4.67. The molecule has 0 aromatic heterocycles. The van der Waals surface area contributed by atoms with Gasteiger partial charge < -0.3 is 9.47 Å². The van der Waals surface area contributed by atoms with Gasteiger partial charge in [0.15, 0.2) is 0 Å². The molecule has 0 amide bonds. The summed E-state index contributed by atoms with van der Waals surface area (Å²) in [5, 5.41) is 0.767. The highest BCUT2D eigenvalue weighted by Gasteiger charge is 2.06. The van der Waals surface area contributed by atoms with Gasteiger partial charge in [0.25, 0.3) is 0 Å². The van der Waals surface area contributed by atoms with Crippen molar-refractivity contribution in [3.05, 3.63) is 57.2 Å². The van der Waals surface area contributed by atoms with Crippen LogP contribution in [0, 0.1) is 3.57 Å². The molecule has 21 heavy (non-hydrogen) atoms. The first-order valence-electron chi connectivity index (χ1n) is 6.92. The molecule has 4 heteroatoms. The molecule has 0 saturated carbocycles. The summed E-state index contributed by atoms with van der Waals surface area (Å²) in [6, 6.07) is 14.4. The second-order valence-corrected chi connectivity index (χ2v) is 6.47. The molecule has 0 fully saturated rings. The minimum Gasteiger partial charge on any atom is -0.493 e. The lowest BCUT2D eigenvalue weighted by Crippen LogP contribution is -2.00. The van der Waals surface area contributed by atoms with Crippen molar-refractivity contribution in [2.24, 2.45) is 0 Å². The Bertz CT molecular complexity index is 570. The number of benzene rings is 2. The van der Waals surface area contributed by atoms with E-state index in [1.165, 1.54) is 3.57 Å². The third-order valence-electron chi connectivity index (χ3n) is 2.96. The summed E-state index contributed by atoms with van der Waals surface area (Å²) in [7, 11) is 0. The summed E-state index contributed by atoms with van der Waals surface area (Å²) < 4.78 is 12.9. The zero-order chi connectivity index (χ0) is 15.1. The predicted octanol–water partition coefficient (Wildman–Crippen LogP) is 5.55. The van der Waals surface area contributed by atoms with Gasteiger partial charge in [0, 0.05) is 20.5 Å². The first-order valence-corrected chi connectivity index (χ1v) is 9.12. The van der Waals surface area contributed by atoms with Gasteiger partial charge in [-0.3, -0.25) is 0 Å². The monoisotopic (exact) mass is 460 g/mol. The highest BCUT2D eigenvalue weighted by molar-refractivity contribution is 14.1. The molecule has 2 nitrogen and oxygen atoms in total. The predicted molar refractivity (Wildman–Crippen MR) is 98.4 cm³/mol. The SMILES string of the molecule is CCCOc1ccc(CBr)c(OCc2ccc(I)cc2)c1. The molecular formula is C17H18BrIO2. The first-order chi connectivity index (χ1) is 10.2. The normalized spacial score (nSPS) is 10.4. The van der Waals surface area contributed by atoms with Crippen LogP contribution in [0.25, 0.3) is 0 Å². The summed E-state index contributed by atoms with van der Waals surface area (Å²) >= 11 is 5.80. The van der Waals surface area contributed by atoms with E-state index in [4.69, 9.17) is 9.47 Å². The lowest BCUT2D eigenvalue weighted by molar-refractivity contribution is 0.293. The van der Waals surface area contributed by atoms with Gasteiger partial charge >= 0.3 is 0 Å². The van der Waals surface area contributed by atoms with E-state index in [1.54, 1.807) is 0 Å². The summed E-state index contributed by atoms with van der Waals surface area (Å²) in [4.78, 5) is 0. The maximum absolute atomic E-state index is 5.96. The average molecular weight is 461 g/mol. The van der Waals surface area contributed by atoms with Gasteiger partial charge in [-0.2, -0.15) is 0 Å². The van der Waals surface area contributed by atoms with Crippen LogP contribution in [0.3, 0.4) is 0 Å². The molecule has 2 aromatic carbocycles. The molecular weight excluding hydrogens is 443 g/mol. The molecule has 0 aliphatic heterocycles. The number of alkyl halides is 1. The van der Waals surface area contributed by atoms with E-state index in [0.717, 1.165) is 41.0 Å². The molecule has 0 unspecified atom stereocenters. The van der Waals surface area contributed by atoms with Gasteiger partial charge in [0.05, 0.1) is 6.61 Å². The fraction of sp³-hybridized carbons (Fsp3) is 0.294. The number of halogens is 2. The number of rotatable bonds is 7. The third kappa shape index (κ3) is 5.18. The Morgan fingerprint density at radius 3 is 2.48 bits per heavy atom. The Labute approximate surface area is 148 Å². The lowest BCUT2D eigenvalue weighted by atomic mass is 10.2. The average Bonchev–Trinajstić information content (AvgIpc) is 2.52. The van der Waals surface area contributed by atoms with Gasteiger partial charge in [-0.25, -0.2) is 0 Å². The van der Waals surface area contributed by atoms with Gasteiger partial charge in [0.2, 0.25) is 0 Å². The van der Waals surface area contributed by atoms with Crippen molar-refractivity contribution in [2.75, 3.05) is 6.61 Å². The topological polar surface area (TPSA) is 18.5 Å². The van der Waals surface area contributed by atoms with Gasteiger partial charge in [-0.05, 0) is 52.8 Å². The van der Waals surface area contributed by atoms with Crippen molar-refractivity contribution >= 4 is 38.5 Å². The summed E-state index contributed by atoms with van der Waals surface area (Å²) in [5.74, 6) is 1.73. The summed E-state index contributed by atoms with van der Waals surface area (Å²) in [5.41, 5.74) is 2.29. The minimum absolute atomic E-state index is 0.564. The highest BCUT2D eigenvalue weighted by Crippen LogP contribution is 2.27. The quantitative estimate of drug-likeness (QED) is 0.398. The van der Waals surface area contributed by atoms with Crippen LogP contribution >= 0.6 is 38.5 Å². The molecule has 0 bridgehead atoms. The van der Waals surface area contributed by atoms with E-state index >= 15 is 0 Å². The smallest absolute Gasteiger partial charge is 0.127 e. The number of ether oxygens (including phenoxy) is 2. The van der Waals surface area contributed by atoms with Crippen LogP contribution in [-0.4, -0.2) is 6.61 Å². The van der Waals surface area contributed by atoms with Crippen LogP contribution in [0.5, 0.6) is 11.5 Å². The largest absolute Gasteiger partial charge is 0.493 e. The molecule has 2 rings (SSSR count). The third-order valence-corrected chi connectivity index (χ3v) is 4.29. The van der Waals surface area contributed by atoms with E-state index in [9.17, 15) is 0 Å². The molecule has 0 atom stereocenters. The fourth-order valence-electron chi connectivity index (χ4n) is 1.83. The van der Waals surface area contributed by atoms with Crippen LogP contribution in [0.2, 0.25) is 0 Å². The minimum atomic E-state index is 0.564. The van der Waals surface area contributed by atoms with Gasteiger partial charge in [-0.1, -0.05) is 41.1 Å². The van der Waals surface area contributed by atoms with Crippen LogP contribution in [0.15, 0.2) is 42.5 Å². The van der Waals surface area contributed by atoms with Crippen LogP contribution in [-0.2, 0) is 11.9 Å². The zero-order valence-corrected chi connectivity index (χ0v) is 15.7. The molecule has 0 aliphatic carbocycles. The van der Waals surface area contributed by atoms with E-state index < -0.39 is 0 Å². The molecule has 0 N–H and O–H groups in total. The van der Waals surface area contributed by atoms with Gasteiger partial charge in [-0.15, -0.1) is 0 Å². The number of hydrogen-bond acceptors (Lipinski definition) is 2.